The van der Waals surface area contributed by atoms with Gasteiger partial charge in [0.15, 0.2) is 6.23 Å². The van der Waals surface area contributed by atoms with Crippen molar-refractivity contribution in [2.24, 2.45) is 0 Å². The number of phosphoric acid groups is 2. The van der Waals surface area contributed by atoms with Crippen molar-refractivity contribution >= 4 is 15.6 Å². The van der Waals surface area contributed by atoms with Crippen molar-refractivity contribution < 1.29 is 57.2 Å². The molecule has 17 nitrogen and oxygen atoms in total. The number of hydrogen-bond donors (Lipinski definition) is 6. The highest BCUT2D eigenvalue weighted by Gasteiger charge is 2.44. The van der Waals surface area contributed by atoms with Crippen LogP contribution in [0.5, 0.6) is 0 Å². The minimum atomic E-state index is -5.63. The van der Waals surface area contributed by atoms with Crippen LogP contribution in [0.3, 0.4) is 0 Å². The Morgan fingerprint density at radius 2 is 1.79 bits per heavy atom. The van der Waals surface area contributed by atoms with E-state index in [9.17, 15) is 38.7 Å². The fourth-order valence-corrected chi connectivity index (χ4v) is 3.87. The number of ether oxygens (including phenoxy) is 1. The van der Waals surface area contributed by atoms with Gasteiger partial charge in [0.05, 0.1) is 34.4 Å². The van der Waals surface area contributed by atoms with Crippen molar-refractivity contribution in [2.75, 3.05) is 40.9 Å². The summed E-state index contributed by atoms with van der Waals surface area (Å²) in [5, 5.41) is 28.1. The van der Waals surface area contributed by atoms with Crippen LogP contribution in [0.15, 0.2) is 21.9 Å². The molecule has 1 aromatic rings. The predicted molar refractivity (Wildman–Crippen MR) is 108 cm³/mol. The van der Waals surface area contributed by atoms with Gasteiger partial charge in [-0.25, -0.2) is 9.11 Å². The van der Waals surface area contributed by atoms with Crippen LogP contribution in [0.4, 0.5) is 0 Å². The van der Waals surface area contributed by atoms with Crippen LogP contribution in [-0.2, 0) is 22.7 Å². The van der Waals surface area contributed by atoms with Gasteiger partial charge in [-0.15, -0.1) is 0 Å². The van der Waals surface area contributed by atoms with Crippen molar-refractivity contribution in [3.05, 3.63) is 33.1 Å². The van der Waals surface area contributed by atoms with Crippen molar-refractivity contribution in [3.8, 4) is 0 Å². The zero-order valence-corrected chi connectivity index (χ0v) is 20.1. The zero-order valence-electron chi connectivity index (χ0n) is 18.3. The number of phosphoric ester groups is 1. The molecule has 0 aliphatic carbocycles. The van der Waals surface area contributed by atoms with Crippen molar-refractivity contribution in [2.45, 2.75) is 24.5 Å². The summed E-state index contributed by atoms with van der Waals surface area (Å²) in [6.45, 7) is 0.122. The first kappa shape index (κ1) is 31.7. The molecule has 194 valence electrons. The highest BCUT2D eigenvalue weighted by Crippen LogP contribution is 2.52. The van der Waals surface area contributed by atoms with Crippen molar-refractivity contribution in [3.63, 3.8) is 0 Å². The number of aliphatic hydroxyl groups is 3. The third-order valence-corrected chi connectivity index (χ3v) is 5.92. The summed E-state index contributed by atoms with van der Waals surface area (Å²) < 4.78 is 35.7. The molecule has 33 heavy (non-hydrogen) atoms. The molecule has 6 atom stereocenters. The molecule has 1 saturated heterocycles. The average molecular weight is 524 g/mol. The third kappa shape index (κ3) is 11.1. The molecule has 1 fully saturated rings. The van der Waals surface area contributed by atoms with E-state index < -0.39 is 58.0 Å². The summed E-state index contributed by atoms with van der Waals surface area (Å²) in [7, 11) is -4.96. The average Bonchev–Trinajstić information content (AvgIpc) is 2.86. The molecule has 0 saturated carbocycles. The second kappa shape index (κ2) is 12.4. The van der Waals surface area contributed by atoms with E-state index in [1.165, 1.54) is 0 Å². The van der Waals surface area contributed by atoms with Crippen LogP contribution in [0, 0.1) is 0 Å². The molecule has 2 rings (SSSR count). The summed E-state index contributed by atoms with van der Waals surface area (Å²) in [4.78, 5) is 54.4. The van der Waals surface area contributed by atoms with E-state index in [4.69, 9.17) is 14.7 Å². The van der Waals surface area contributed by atoms with Gasteiger partial charge in [0.1, 0.15) is 24.9 Å². The fraction of sp³-hybridized carbons (Fsp3) is 0.714. The molecular formula is C14H30N4O13P2. The molecule has 2 heterocycles. The number of nitrogens with zero attached hydrogens (tertiary/aromatic N) is 2. The maximum atomic E-state index is 11.7. The Morgan fingerprint density at radius 1 is 1.21 bits per heavy atom. The number of quaternary nitrogens is 2. The number of aromatic nitrogens is 2. The zero-order chi connectivity index (χ0) is 24.9. The van der Waals surface area contributed by atoms with Crippen LogP contribution >= 0.6 is 15.6 Å². The van der Waals surface area contributed by atoms with Gasteiger partial charge in [0.2, 0.25) is 0 Å². The number of aromatic amines is 1. The number of H-pyrrole nitrogens is 1. The molecule has 0 bridgehead atoms. The second-order valence-electron chi connectivity index (χ2n) is 7.59. The summed E-state index contributed by atoms with van der Waals surface area (Å²) in [6, 6.07) is 0.945. The number of likely N-dealkylation sites (N-methyl/N-ethyl adjacent to an activating group) is 1. The largest absolute Gasteiger partial charge is 0.756 e. The topological polar surface area (TPSA) is 280 Å². The summed E-state index contributed by atoms with van der Waals surface area (Å²) >= 11 is 0. The predicted octanol–water partition coefficient (Wildman–Crippen LogP) is -3.82. The van der Waals surface area contributed by atoms with Crippen molar-refractivity contribution in [1.29, 1.82) is 0 Å². The van der Waals surface area contributed by atoms with E-state index in [1.54, 1.807) is 0 Å². The lowest BCUT2D eigenvalue weighted by Gasteiger charge is -2.28. The quantitative estimate of drug-likeness (QED) is 0.141. The molecule has 1 aliphatic heterocycles. The SMILES string of the molecule is C[N+](C)(C)CCO.O=c1ccn(C2OC(COP(=O)([O-])OP(=O)([O-])O)C(O)C2O)c(=O)[nH]1.[NH4+]. The van der Waals surface area contributed by atoms with Gasteiger partial charge >= 0.3 is 5.69 Å². The Bertz CT molecular complexity index is 955. The van der Waals surface area contributed by atoms with E-state index in [2.05, 4.69) is 30.0 Å². The molecule has 0 radical (unpaired) electrons. The molecule has 0 amide bonds. The normalized spacial score (nSPS) is 26.3. The van der Waals surface area contributed by atoms with Gasteiger partial charge in [-0.1, -0.05) is 0 Å². The Hall–Kier alpha value is -1.30. The first-order valence-corrected chi connectivity index (χ1v) is 11.9. The van der Waals surface area contributed by atoms with Gasteiger partial charge in [-0.3, -0.25) is 23.5 Å². The lowest BCUT2D eigenvalue weighted by molar-refractivity contribution is -0.870. The Balaban J connectivity index is 0.00000111. The van der Waals surface area contributed by atoms with Crippen LogP contribution in [0.25, 0.3) is 0 Å². The lowest BCUT2D eigenvalue weighted by atomic mass is 10.1. The third-order valence-electron chi connectivity index (χ3n) is 3.83. The maximum Gasteiger partial charge on any atom is 0.330 e. The van der Waals surface area contributed by atoms with Crippen LogP contribution in [-0.4, -0.2) is 93.5 Å². The number of rotatable bonds is 8. The lowest BCUT2D eigenvalue weighted by Crippen LogP contribution is -2.37. The fourth-order valence-electron chi connectivity index (χ4n) is 2.34. The number of nitrogens with one attached hydrogen (secondary N) is 1. The minimum Gasteiger partial charge on any atom is -0.756 e. The molecule has 0 spiro atoms. The summed E-state index contributed by atoms with van der Waals surface area (Å²) in [5.74, 6) is 0. The smallest absolute Gasteiger partial charge is 0.330 e. The molecule has 6 unspecified atom stereocenters. The van der Waals surface area contributed by atoms with Crippen LogP contribution in [0.1, 0.15) is 6.23 Å². The second-order valence-corrected chi connectivity index (χ2v) is 10.3. The summed E-state index contributed by atoms with van der Waals surface area (Å²) in [6.07, 6.45) is -5.44. The van der Waals surface area contributed by atoms with E-state index in [-0.39, 0.29) is 12.8 Å². The Labute approximate surface area is 187 Å². The first-order valence-electron chi connectivity index (χ1n) is 8.91. The van der Waals surface area contributed by atoms with Gasteiger partial charge in [0.25, 0.3) is 21.2 Å². The molecular weight excluding hydrogens is 494 g/mol. The van der Waals surface area contributed by atoms with E-state index in [0.717, 1.165) is 27.9 Å². The van der Waals surface area contributed by atoms with Gasteiger partial charge in [0, 0.05) is 12.3 Å². The maximum absolute atomic E-state index is 11.7. The number of aliphatic hydroxyl groups excluding tert-OH is 3. The molecule has 1 aromatic heterocycles. The number of hydrogen-bond acceptors (Lipinski definition) is 12. The highest BCUT2D eigenvalue weighted by molar-refractivity contribution is 7.59. The monoisotopic (exact) mass is 524 g/mol. The molecule has 9 N–H and O–H groups in total. The van der Waals surface area contributed by atoms with E-state index in [0.29, 0.717) is 0 Å². The minimum absolute atomic E-state index is 0. The molecule has 1 aliphatic rings. The van der Waals surface area contributed by atoms with Gasteiger partial charge in [-0.05, 0) is 0 Å². The highest BCUT2D eigenvalue weighted by atomic mass is 31.3. The Morgan fingerprint density at radius 3 is 2.21 bits per heavy atom. The van der Waals surface area contributed by atoms with E-state index in [1.807, 2.05) is 4.98 Å². The molecule has 0 aromatic carbocycles. The Kier molecular flexibility index (Phi) is 11.9. The molecule has 19 heteroatoms. The van der Waals surface area contributed by atoms with E-state index >= 15 is 0 Å². The van der Waals surface area contributed by atoms with Crippen molar-refractivity contribution in [1.82, 2.24) is 15.7 Å². The van der Waals surface area contributed by atoms with Crippen LogP contribution < -0.4 is 27.2 Å². The van der Waals surface area contributed by atoms with Gasteiger partial charge in [-0.2, -0.15) is 0 Å². The standard InChI is InChI=1S/C9H14N2O12P2.C5H14NO.H3N/c12-5-1-2-11(9(15)10-5)8-7(14)6(13)4(22-8)3-21-25(19,20)23-24(16,17)18;1-6(2,3)4-5-7;/h1-2,4,6-8,13-14H,3H2,(H,19,20)(H,10,12,15)(H2,16,17,18);7H,4-5H2,1-3H3;1H3/q;+1;/p-1. The summed E-state index contributed by atoms with van der Waals surface area (Å²) in [5.41, 5.74) is -1.68. The van der Waals surface area contributed by atoms with Crippen LogP contribution in [0.2, 0.25) is 0 Å². The first-order chi connectivity index (χ1) is 14.5. The van der Waals surface area contributed by atoms with Gasteiger partial charge < -0.3 is 49.9 Å².